The van der Waals surface area contributed by atoms with E-state index in [1.54, 1.807) is 11.3 Å². The molecule has 3 aromatic rings. The monoisotopic (exact) mass is 413 g/mol. The maximum Gasteiger partial charge on any atom is 0.148 e. The molecule has 2 heterocycles. The molecule has 146 valence electrons. The highest BCUT2D eigenvalue weighted by Crippen LogP contribution is 2.48. The van der Waals surface area contributed by atoms with Crippen molar-refractivity contribution in [1.29, 1.82) is 0 Å². The number of nitrogens with zero attached hydrogens (tertiary/aromatic N) is 2. The molecule has 2 aromatic heterocycles. The molecule has 0 amide bonds. The first kappa shape index (κ1) is 18.1. The van der Waals surface area contributed by atoms with Gasteiger partial charge in [0.05, 0.1) is 11.1 Å². The van der Waals surface area contributed by atoms with Gasteiger partial charge in [0.1, 0.15) is 26.3 Å². The summed E-state index contributed by atoms with van der Waals surface area (Å²) in [7, 11) is -2.99. The van der Waals surface area contributed by atoms with Crippen molar-refractivity contribution in [1.82, 2.24) is 9.97 Å². The van der Waals surface area contributed by atoms with Gasteiger partial charge in [0.15, 0.2) is 0 Å². The van der Waals surface area contributed by atoms with Crippen LogP contribution in [0.3, 0.4) is 0 Å². The Labute approximate surface area is 169 Å². The molecule has 2 fully saturated rings. The Morgan fingerprint density at radius 2 is 1.93 bits per heavy atom. The molecule has 5 nitrogen and oxygen atoms in total. The van der Waals surface area contributed by atoms with Crippen LogP contribution in [0.1, 0.15) is 37.4 Å². The highest BCUT2D eigenvalue weighted by atomic mass is 32.2. The van der Waals surface area contributed by atoms with Gasteiger partial charge in [-0.2, -0.15) is 0 Å². The van der Waals surface area contributed by atoms with Crippen LogP contribution in [0.4, 0.5) is 5.82 Å². The number of nitrogens with one attached hydrogen (secondary N) is 1. The van der Waals surface area contributed by atoms with Crippen LogP contribution < -0.4 is 5.32 Å². The van der Waals surface area contributed by atoms with Crippen LogP contribution in [0.5, 0.6) is 0 Å². The molecule has 28 heavy (non-hydrogen) atoms. The zero-order valence-corrected chi connectivity index (χ0v) is 17.4. The third-order valence-electron chi connectivity index (χ3n) is 5.63. The van der Waals surface area contributed by atoms with E-state index in [1.807, 2.05) is 18.2 Å². The predicted molar refractivity (Wildman–Crippen MR) is 115 cm³/mol. The summed E-state index contributed by atoms with van der Waals surface area (Å²) in [5, 5.41) is 6.73. The van der Waals surface area contributed by atoms with E-state index in [1.165, 1.54) is 6.26 Å². The summed E-state index contributed by atoms with van der Waals surface area (Å²) in [6.45, 7) is 0.639. The summed E-state index contributed by atoms with van der Waals surface area (Å²) >= 11 is 1.65. The molecule has 0 saturated heterocycles. The van der Waals surface area contributed by atoms with Crippen molar-refractivity contribution in [3.8, 4) is 11.1 Å². The lowest BCUT2D eigenvalue weighted by Crippen LogP contribution is -2.24. The lowest BCUT2D eigenvalue weighted by Gasteiger charge is -2.17. The van der Waals surface area contributed by atoms with Crippen molar-refractivity contribution in [3.63, 3.8) is 0 Å². The number of rotatable bonds is 7. The lowest BCUT2D eigenvalue weighted by molar-refractivity contribution is 0.560. The van der Waals surface area contributed by atoms with Gasteiger partial charge in [-0.25, -0.2) is 18.4 Å². The maximum absolute atomic E-state index is 11.8. The summed E-state index contributed by atoms with van der Waals surface area (Å²) in [6, 6.07) is 10.3. The average Bonchev–Trinajstić information content (AvgIpc) is 3.58. The van der Waals surface area contributed by atoms with Crippen LogP contribution in [0.25, 0.3) is 21.3 Å². The first-order chi connectivity index (χ1) is 13.4. The van der Waals surface area contributed by atoms with Crippen LogP contribution in [0.15, 0.2) is 35.7 Å². The molecule has 0 unspecified atom stereocenters. The Morgan fingerprint density at radius 3 is 2.57 bits per heavy atom. The highest BCUT2D eigenvalue weighted by molar-refractivity contribution is 7.90. The van der Waals surface area contributed by atoms with Gasteiger partial charge in [0.25, 0.3) is 0 Å². The van der Waals surface area contributed by atoms with Crippen molar-refractivity contribution in [2.75, 3.05) is 23.9 Å². The lowest BCUT2D eigenvalue weighted by atomic mass is 10.1. The Balaban J connectivity index is 1.53. The second-order valence-corrected chi connectivity index (χ2v) is 11.3. The topological polar surface area (TPSA) is 72.0 Å². The highest BCUT2D eigenvalue weighted by Gasteiger charge is 2.45. The van der Waals surface area contributed by atoms with E-state index in [0.717, 1.165) is 58.7 Å². The van der Waals surface area contributed by atoms with Crippen LogP contribution in [0.2, 0.25) is 0 Å². The van der Waals surface area contributed by atoms with Gasteiger partial charge in [-0.1, -0.05) is 30.3 Å². The third-order valence-corrected chi connectivity index (χ3v) is 7.64. The van der Waals surface area contributed by atoms with Crippen molar-refractivity contribution < 1.29 is 8.42 Å². The summed E-state index contributed by atoms with van der Waals surface area (Å²) in [6.07, 6.45) is 5.53. The molecule has 0 atom stereocenters. The number of fused-ring (bicyclic) bond motifs is 1. The van der Waals surface area contributed by atoms with E-state index < -0.39 is 9.84 Å². The number of sulfone groups is 1. The quantitative estimate of drug-likeness (QED) is 0.619. The number of benzene rings is 1. The van der Waals surface area contributed by atoms with E-state index in [2.05, 4.69) is 22.8 Å². The van der Waals surface area contributed by atoms with Crippen molar-refractivity contribution in [2.24, 2.45) is 5.41 Å². The molecule has 0 radical (unpaired) electrons. The maximum atomic E-state index is 11.8. The fourth-order valence-electron chi connectivity index (χ4n) is 3.82. The minimum Gasteiger partial charge on any atom is -0.369 e. The van der Waals surface area contributed by atoms with E-state index in [0.29, 0.717) is 12.5 Å². The summed E-state index contributed by atoms with van der Waals surface area (Å²) in [5.41, 5.74) is 2.14. The Kier molecular flexibility index (Phi) is 4.21. The molecule has 5 rings (SSSR count). The van der Waals surface area contributed by atoms with Crippen molar-refractivity contribution in [3.05, 3.63) is 41.5 Å². The van der Waals surface area contributed by atoms with E-state index in [9.17, 15) is 8.42 Å². The smallest absolute Gasteiger partial charge is 0.148 e. The van der Waals surface area contributed by atoms with Crippen LogP contribution in [0, 0.1) is 5.41 Å². The minimum atomic E-state index is -2.99. The van der Waals surface area contributed by atoms with Gasteiger partial charge in [0.2, 0.25) is 0 Å². The van der Waals surface area contributed by atoms with Gasteiger partial charge >= 0.3 is 0 Å². The SMILES string of the molecule is CS(=O)(=O)CC1(CNc2nc(C3CC3)nc3scc(-c4ccccc4)c23)CC1. The molecule has 2 saturated carbocycles. The summed E-state index contributed by atoms with van der Waals surface area (Å²) in [4.78, 5) is 10.7. The third kappa shape index (κ3) is 3.65. The van der Waals surface area contributed by atoms with Gasteiger partial charge in [0, 0.05) is 35.1 Å². The van der Waals surface area contributed by atoms with E-state index in [4.69, 9.17) is 9.97 Å². The normalized spacial score (nSPS) is 18.3. The summed E-state index contributed by atoms with van der Waals surface area (Å²) < 4.78 is 23.6. The molecular formula is C21H23N3O2S2. The molecule has 7 heteroatoms. The number of hydrogen-bond acceptors (Lipinski definition) is 6. The van der Waals surface area contributed by atoms with E-state index >= 15 is 0 Å². The number of anilines is 1. The Morgan fingerprint density at radius 1 is 1.18 bits per heavy atom. The zero-order chi connectivity index (χ0) is 19.4. The molecular weight excluding hydrogens is 390 g/mol. The molecule has 0 aliphatic heterocycles. The van der Waals surface area contributed by atoms with Gasteiger partial charge in [-0.3, -0.25) is 0 Å². The number of hydrogen-bond donors (Lipinski definition) is 1. The first-order valence-electron chi connectivity index (χ1n) is 9.69. The fourth-order valence-corrected chi connectivity index (χ4v) is 6.27. The van der Waals surface area contributed by atoms with Gasteiger partial charge < -0.3 is 5.32 Å². The first-order valence-corrected chi connectivity index (χ1v) is 12.6. The average molecular weight is 414 g/mol. The number of aromatic nitrogens is 2. The Hall–Kier alpha value is -1.99. The van der Waals surface area contributed by atoms with Gasteiger partial charge in [-0.15, -0.1) is 11.3 Å². The van der Waals surface area contributed by atoms with Crippen LogP contribution in [-0.4, -0.2) is 36.9 Å². The van der Waals surface area contributed by atoms with E-state index in [-0.39, 0.29) is 11.2 Å². The largest absolute Gasteiger partial charge is 0.369 e. The van der Waals surface area contributed by atoms with Crippen LogP contribution >= 0.6 is 11.3 Å². The predicted octanol–water partition coefficient (Wildman–Crippen LogP) is 4.47. The second kappa shape index (κ2) is 6.52. The van der Waals surface area contributed by atoms with Crippen molar-refractivity contribution >= 4 is 37.2 Å². The molecule has 1 aromatic carbocycles. The second-order valence-electron chi connectivity index (χ2n) is 8.32. The van der Waals surface area contributed by atoms with Crippen LogP contribution in [-0.2, 0) is 9.84 Å². The molecule has 0 bridgehead atoms. The minimum absolute atomic E-state index is 0.145. The van der Waals surface area contributed by atoms with Crippen molar-refractivity contribution in [2.45, 2.75) is 31.6 Å². The zero-order valence-electron chi connectivity index (χ0n) is 15.8. The molecule has 2 aliphatic carbocycles. The van der Waals surface area contributed by atoms with Gasteiger partial charge in [-0.05, 0) is 31.2 Å². The molecule has 2 aliphatic rings. The fraction of sp³-hybridized carbons (Fsp3) is 0.429. The molecule has 0 spiro atoms. The summed E-state index contributed by atoms with van der Waals surface area (Å²) in [5.74, 6) is 2.49. The Bertz CT molecular complexity index is 1130. The standard InChI is InChI=1S/C21H23N3O2S2/c1-28(25,26)13-21(9-10-21)12-22-19-17-16(14-5-3-2-4-6-14)11-27-20(17)24-18(23-19)15-7-8-15/h2-6,11,15H,7-10,12-13H2,1H3,(H,22,23,24). The number of thiophene rings is 1. The molecule has 1 N–H and O–H groups in total.